The third-order valence-corrected chi connectivity index (χ3v) is 4.44. The lowest BCUT2D eigenvalue weighted by atomic mass is 10.2. The van der Waals surface area contributed by atoms with Crippen LogP contribution < -0.4 is 10.2 Å². The molecule has 0 spiro atoms. The van der Waals surface area contributed by atoms with Gasteiger partial charge in [-0.05, 0) is 20.5 Å². The average Bonchev–Trinajstić information content (AvgIpc) is 2.85. The Morgan fingerprint density at radius 3 is 2.62 bits per heavy atom. The second kappa shape index (κ2) is 10.1. The van der Waals surface area contributed by atoms with Crippen molar-refractivity contribution in [3.63, 3.8) is 0 Å². The Morgan fingerprint density at radius 2 is 2.00 bits per heavy atom. The van der Waals surface area contributed by atoms with E-state index in [-0.39, 0.29) is 0 Å². The van der Waals surface area contributed by atoms with E-state index in [9.17, 15) is 0 Å². The number of methoxy groups -OCH3 is 1. The van der Waals surface area contributed by atoms with Crippen LogP contribution in [0.1, 0.15) is 23.9 Å². The van der Waals surface area contributed by atoms with Crippen molar-refractivity contribution in [1.82, 2.24) is 15.2 Å². The number of rotatable bonds is 11. The molecule has 1 aromatic heterocycles. The summed E-state index contributed by atoms with van der Waals surface area (Å²) in [5, 5.41) is 4.55. The molecule has 0 saturated heterocycles. The topological polar surface area (TPSA) is 40.6 Å². The van der Waals surface area contributed by atoms with Crippen molar-refractivity contribution in [3.05, 3.63) is 10.6 Å². The fourth-order valence-electron chi connectivity index (χ4n) is 1.93. The van der Waals surface area contributed by atoms with Crippen LogP contribution in [0, 0.1) is 0 Å². The summed E-state index contributed by atoms with van der Waals surface area (Å²) < 4.78 is 5.07. The van der Waals surface area contributed by atoms with Gasteiger partial charge in [0.05, 0.1) is 12.3 Å². The van der Waals surface area contributed by atoms with E-state index in [1.165, 1.54) is 10.6 Å². The third kappa shape index (κ3) is 6.74. The van der Waals surface area contributed by atoms with Crippen molar-refractivity contribution in [2.45, 2.75) is 26.3 Å². The molecule has 1 heterocycles. The maximum Gasteiger partial charge on any atom is 0.185 e. The fraction of sp³-hybridized carbons (Fsp3) is 0.800. The van der Waals surface area contributed by atoms with E-state index in [4.69, 9.17) is 9.72 Å². The number of aromatic nitrogens is 1. The lowest BCUT2D eigenvalue weighted by Crippen LogP contribution is -2.28. The van der Waals surface area contributed by atoms with Gasteiger partial charge >= 0.3 is 0 Å². The summed E-state index contributed by atoms with van der Waals surface area (Å²) in [6.45, 7) is 6.77. The van der Waals surface area contributed by atoms with E-state index in [0.717, 1.165) is 50.8 Å². The number of nitrogens with one attached hydrogen (secondary N) is 1. The van der Waals surface area contributed by atoms with Crippen LogP contribution in [0.4, 0.5) is 5.13 Å². The normalized spacial score (nSPS) is 11.3. The van der Waals surface area contributed by atoms with Gasteiger partial charge in [-0.25, -0.2) is 4.98 Å². The standard InChI is InChI=1S/C15H30N4OS/c1-6-7-13-14(12-16-8-11-20-5)21-15(17-13)19(4)10-9-18(2)3/h16H,6-12H2,1-5H3. The highest BCUT2D eigenvalue weighted by atomic mass is 32.1. The predicted molar refractivity (Wildman–Crippen MR) is 91.5 cm³/mol. The van der Waals surface area contributed by atoms with Crippen LogP contribution in [0.5, 0.6) is 0 Å². The zero-order valence-electron chi connectivity index (χ0n) is 14.1. The monoisotopic (exact) mass is 314 g/mol. The molecule has 6 heteroatoms. The quantitative estimate of drug-likeness (QED) is 0.631. The summed E-state index contributed by atoms with van der Waals surface area (Å²) in [7, 11) is 8.06. The van der Waals surface area contributed by atoms with Gasteiger partial charge in [0.1, 0.15) is 0 Å². The third-order valence-electron chi connectivity index (χ3n) is 3.23. The first-order chi connectivity index (χ1) is 10.1. The van der Waals surface area contributed by atoms with Crippen molar-refractivity contribution in [2.24, 2.45) is 0 Å². The maximum absolute atomic E-state index is 5.07. The van der Waals surface area contributed by atoms with Gasteiger partial charge in [0, 0.05) is 45.2 Å². The molecule has 0 fully saturated rings. The summed E-state index contributed by atoms with van der Waals surface area (Å²) >= 11 is 1.81. The second-order valence-corrected chi connectivity index (χ2v) is 6.57. The fourth-order valence-corrected chi connectivity index (χ4v) is 2.99. The van der Waals surface area contributed by atoms with Gasteiger partial charge in [0.25, 0.3) is 0 Å². The summed E-state index contributed by atoms with van der Waals surface area (Å²) in [6, 6.07) is 0. The first kappa shape index (κ1) is 18.4. The number of aryl methyl sites for hydroxylation is 1. The summed E-state index contributed by atoms with van der Waals surface area (Å²) in [6.07, 6.45) is 2.19. The Balaban J connectivity index is 2.63. The summed E-state index contributed by atoms with van der Waals surface area (Å²) in [4.78, 5) is 10.6. The molecule has 0 radical (unpaired) electrons. The van der Waals surface area contributed by atoms with Crippen LogP contribution >= 0.6 is 11.3 Å². The molecule has 0 aliphatic heterocycles. The van der Waals surface area contributed by atoms with Gasteiger partial charge in [0.2, 0.25) is 0 Å². The lowest BCUT2D eigenvalue weighted by molar-refractivity contribution is 0.199. The molecule has 0 bridgehead atoms. The lowest BCUT2D eigenvalue weighted by Gasteiger charge is -2.18. The number of nitrogens with zero attached hydrogens (tertiary/aromatic N) is 3. The highest BCUT2D eigenvalue weighted by Crippen LogP contribution is 2.26. The molecular weight excluding hydrogens is 284 g/mol. The SMILES string of the molecule is CCCc1nc(N(C)CCN(C)C)sc1CNCCOC. The zero-order valence-corrected chi connectivity index (χ0v) is 14.9. The van der Waals surface area contributed by atoms with Crippen LogP contribution in [0.15, 0.2) is 0 Å². The van der Waals surface area contributed by atoms with Crippen LogP contribution in [0.2, 0.25) is 0 Å². The Labute approximate surface area is 133 Å². The molecule has 0 unspecified atom stereocenters. The first-order valence-corrected chi connectivity index (χ1v) is 8.44. The van der Waals surface area contributed by atoms with E-state index >= 15 is 0 Å². The first-order valence-electron chi connectivity index (χ1n) is 7.62. The smallest absolute Gasteiger partial charge is 0.185 e. The highest BCUT2D eigenvalue weighted by molar-refractivity contribution is 7.15. The van der Waals surface area contributed by atoms with E-state index in [2.05, 4.69) is 43.2 Å². The Kier molecular flexibility index (Phi) is 8.84. The van der Waals surface area contributed by atoms with Crippen molar-refractivity contribution in [2.75, 3.05) is 59.4 Å². The molecule has 0 atom stereocenters. The highest BCUT2D eigenvalue weighted by Gasteiger charge is 2.13. The minimum absolute atomic E-state index is 0.748. The summed E-state index contributed by atoms with van der Waals surface area (Å²) in [5.41, 5.74) is 1.25. The average molecular weight is 314 g/mol. The molecule has 0 saturated carbocycles. The van der Waals surface area contributed by atoms with E-state index in [0.29, 0.717) is 0 Å². The number of anilines is 1. The number of ether oxygens (including phenoxy) is 1. The molecule has 0 aliphatic carbocycles. The molecule has 1 rings (SSSR count). The molecule has 5 nitrogen and oxygen atoms in total. The second-order valence-electron chi connectivity index (χ2n) is 5.51. The molecule has 1 aromatic rings. The van der Waals surface area contributed by atoms with Crippen molar-refractivity contribution in [3.8, 4) is 0 Å². The molecule has 0 aromatic carbocycles. The molecule has 21 heavy (non-hydrogen) atoms. The van der Waals surface area contributed by atoms with Crippen molar-refractivity contribution in [1.29, 1.82) is 0 Å². The zero-order chi connectivity index (χ0) is 15.7. The molecule has 0 aliphatic rings. The number of likely N-dealkylation sites (N-methyl/N-ethyl adjacent to an activating group) is 2. The van der Waals surface area contributed by atoms with Crippen LogP contribution in [-0.2, 0) is 17.7 Å². The van der Waals surface area contributed by atoms with Gasteiger partial charge in [-0.1, -0.05) is 13.3 Å². The van der Waals surface area contributed by atoms with Crippen LogP contribution in [-0.4, -0.2) is 64.4 Å². The van der Waals surface area contributed by atoms with Crippen molar-refractivity contribution < 1.29 is 4.74 Å². The predicted octanol–water partition coefficient (Wildman–Crippen LogP) is 1.83. The van der Waals surface area contributed by atoms with Gasteiger partial charge in [-0.3, -0.25) is 0 Å². The van der Waals surface area contributed by atoms with Gasteiger partial charge in [0.15, 0.2) is 5.13 Å². The van der Waals surface area contributed by atoms with Crippen LogP contribution in [0.25, 0.3) is 0 Å². The molecule has 122 valence electrons. The van der Waals surface area contributed by atoms with Gasteiger partial charge in [-0.2, -0.15) is 0 Å². The minimum atomic E-state index is 0.748. The molecule has 1 N–H and O–H groups in total. The Bertz CT molecular complexity index is 395. The number of thiazole rings is 1. The van der Waals surface area contributed by atoms with E-state index in [1.807, 2.05) is 11.3 Å². The van der Waals surface area contributed by atoms with E-state index in [1.54, 1.807) is 7.11 Å². The van der Waals surface area contributed by atoms with Crippen molar-refractivity contribution >= 4 is 16.5 Å². The van der Waals surface area contributed by atoms with Crippen LogP contribution in [0.3, 0.4) is 0 Å². The minimum Gasteiger partial charge on any atom is -0.383 e. The van der Waals surface area contributed by atoms with Gasteiger partial charge < -0.3 is 19.9 Å². The molecular formula is C15H30N4OS. The van der Waals surface area contributed by atoms with E-state index < -0.39 is 0 Å². The number of hydrogen-bond donors (Lipinski definition) is 1. The largest absolute Gasteiger partial charge is 0.383 e. The Hall–Kier alpha value is -0.690. The maximum atomic E-state index is 5.07. The van der Waals surface area contributed by atoms with Gasteiger partial charge in [-0.15, -0.1) is 11.3 Å². The number of hydrogen-bond acceptors (Lipinski definition) is 6. The summed E-state index contributed by atoms with van der Waals surface area (Å²) in [5.74, 6) is 0. The Morgan fingerprint density at radius 1 is 1.24 bits per heavy atom. The molecule has 0 amide bonds.